The molecule has 0 saturated heterocycles. The summed E-state index contributed by atoms with van der Waals surface area (Å²) in [6.07, 6.45) is 5.90. The Kier molecular flexibility index (Phi) is 3.52. The Hall–Kier alpha value is -0.990. The molecule has 1 aromatic carbocycles. The maximum Gasteiger partial charge on any atom is 0.100 e. The van der Waals surface area contributed by atoms with Crippen LogP contribution in [-0.2, 0) is 0 Å². The van der Waals surface area contributed by atoms with Crippen LogP contribution in [0.15, 0.2) is 24.4 Å². The van der Waals surface area contributed by atoms with Gasteiger partial charge < -0.3 is 5.32 Å². The molecule has 0 heterocycles. The van der Waals surface area contributed by atoms with Gasteiger partial charge in [0.05, 0.1) is 10.0 Å². The molecule has 1 aromatic rings. The number of nitrogens with one attached hydrogen (secondary N) is 2. The molecule has 84 valence electrons. The Labute approximate surface area is 105 Å². The molecule has 1 aliphatic rings. The van der Waals surface area contributed by atoms with E-state index in [2.05, 4.69) is 5.32 Å². The largest absolute Gasteiger partial charge is 0.350 e. The second-order valence-electron chi connectivity index (χ2n) is 3.84. The number of amidine groups is 1. The standard InChI is InChI=1S/C12H12Cl2N2/c13-10-4-1-8(7-11(10)14)5-6-16-12(15)9-2-3-9/h1,4-7,9H,2-3H2,(H2,15,16)/b6-5+. The summed E-state index contributed by atoms with van der Waals surface area (Å²) in [5.41, 5.74) is 0.963. The zero-order chi connectivity index (χ0) is 11.5. The lowest BCUT2D eigenvalue weighted by Gasteiger charge is -2.00. The summed E-state index contributed by atoms with van der Waals surface area (Å²) in [5.74, 6) is 1.04. The summed E-state index contributed by atoms with van der Waals surface area (Å²) in [6, 6.07) is 5.44. The lowest BCUT2D eigenvalue weighted by Crippen LogP contribution is -2.17. The van der Waals surface area contributed by atoms with Crippen LogP contribution in [0.4, 0.5) is 0 Å². The Morgan fingerprint density at radius 3 is 2.69 bits per heavy atom. The molecule has 0 bridgehead atoms. The summed E-state index contributed by atoms with van der Waals surface area (Å²) in [4.78, 5) is 0. The molecule has 0 aliphatic heterocycles. The number of hydrogen-bond acceptors (Lipinski definition) is 1. The first kappa shape index (κ1) is 11.5. The summed E-state index contributed by atoms with van der Waals surface area (Å²) < 4.78 is 0. The maximum absolute atomic E-state index is 7.64. The molecule has 0 radical (unpaired) electrons. The Morgan fingerprint density at radius 2 is 2.06 bits per heavy atom. The van der Waals surface area contributed by atoms with Crippen molar-refractivity contribution in [3.63, 3.8) is 0 Å². The number of benzene rings is 1. The Morgan fingerprint density at radius 1 is 1.31 bits per heavy atom. The molecule has 0 amide bonds. The van der Waals surface area contributed by atoms with Crippen LogP contribution >= 0.6 is 23.2 Å². The first-order valence-electron chi connectivity index (χ1n) is 5.13. The van der Waals surface area contributed by atoms with Gasteiger partial charge in [0.2, 0.25) is 0 Å². The van der Waals surface area contributed by atoms with Crippen LogP contribution < -0.4 is 5.32 Å². The zero-order valence-electron chi connectivity index (χ0n) is 8.63. The summed E-state index contributed by atoms with van der Waals surface area (Å²) in [7, 11) is 0. The third-order valence-corrected chi connectivity index (χ3v) is 3.18. The van der Waals surface area contributed by atoms with Crippen LogP contribution in [0.1, 0.15) is 18.4 Å². The van der Waals surface area contributed by atoms with Crippen molar-refractivity contribution in [3.05, 3.63) is 40.0 Å². The fourth-order valence-corrected chi connectivity index (χ4v) is 1.64. The van der Waals surface area contributed by atoms with E-state index in [-0.39, 0.29) is 0 Å². The summed E-state index contributed by atoms with van der Waals surface area (Å²) >= 11 is 11.7. The SMILES string of the molecule is N=C(N/C=C/c1ccc(Cl)c(Cl)c1)C1CC1. The van der Waals surface area contributed by atoms with Crippen molar-refractivity contribution in [2.24, 2.45) is 5.92 Å². The van der Waals surface area contributed by atoms with E-state index in [1.54, 1.807) is 18.3 Å². The minimum absolute atomic E-state index is 0.443. The first-order valence-corrected chi connectivity index (χ1v) is 5.89. The van der Waals surface area contributed by atoms with Crippen molar-refractivity contribution < 1.29 is 0 Å². The fraction of sp³-hybridized carbons (Fsp3) is 0.250. The van der Waals surface area contributed by atoms with E-state index < -0.39 is 0 Å². The normalized spacial score (nSPS) is 15.4. The van der Waals surface area contributed by atoms with Crippen LogP contribution in [0.25, 0.3) is 6.08 Å². The van der Waals surface area contributed by atoms with Gasteiger partial charge in [0, 0.05) is 12.1 Å². The van der Waals surface area contributed by atoms with Crippen LogP contribution in [0.5, 0.6) is 0 Å². The highest BCUT2D eigenvalue weighted by Gasteiger charge is 2.25. The van der Waals surface area contributed by atoms with E-state index in [1.807, 2.05) is 12.1 Å². The van der Waals surface area contributed by atoms with Crippen LogP contribution in [0, 0.1) is 11.3 Å². The molecule has 1 fully saturated rings. The van der Waals surface area contributed by atoms with Gasteiger partial charge in [-0.15, -0.1) is 0 Å². The second-order valence-corrected chi connectivity index (χ2v) is 4.65. The van der Waals surface area contributed by atoms with Crippen LogP contribution in [0.3, 0.4) is 0 Å². The van der Waals surface area contributed by atoms with Crippen molar-refractivity contribution in [1.82, 2.24) is 5.32 Å². The van der Waals surface area contributed by atoms with Gasteiger partial charge in [-0.25, -0.2) is 0 Å². The quantitative estimate of drug-likeness (QED) is 0.622. The molecular weight excluding hydrogens is 243 g/mol. The van der Waals surface area contributed by atoms with E-state index in [0.717, 1.165) is 18.4 Å². The Balaban J connectivity index is 1.94. The van der Waals surface area contributed by atoms with Gasteiger partial charge >= 0.3 is 0 Å². The van der Waals surface area contributed by atoms with E-state index >= 15 is 0 Å². The Bertz CT molecular complexity index is 437. The highest BCUT2D eigenvalue weighted by Crippen LogP contribution is 2.29. The minimum atomic E-state index is 0.443. The number of rotatable bonds is 3. The molecule has 0 aromatic heterocycles. The van der Waals surface area contributed by atoms with Gasteiger partial charge in [0.1, 0.15) is 5.84 Å². The van der Waals surface area contributed by atoms with Crippen molar-refractivity contribution >= 4 is 35.1 Å². The number of hydrogen-bond donors (Lipinski definition) is 2. The molecule has 1 saturated carbocycles. The molecule has 1 aliphatic carbocycles. The molecule has 0 atom stereocenters. The van der Waals surface area contributed by atoms with Gasteiger partial charge in [-0.2, -0.15) is 0 Å². The van der Waals surface area contributed by atoms with E-state index in [9.17, 15) is 0 Å². The van der Waals surface area contributed by atoms with Crippen LogP contribution in [0.2, 0.25) is 10.0 Å². The molecule has 0 unspecified atom stereocenters. The van der Waals surface area contributed by atoms with Crippen molar-refractivity contribution in [2.75, 3.05) is 0 Å². The lowest BCUT2D eigenvalue weighted by molar-refractivity contribution is 1.05. The zero-order valence-corrected chi connectivity index (χ0v) is 10.1. The summed E-state index contributed by atoms with van der Waals surface area (Å²) in [6.45, 7) is 0. The van der Waals surface area contributed by atoms with Gasteiger partial charge in [-0.05, 0) is 36.6 Å². The second kappa shape index (κ2) is 4.89. The van der Waals surface area contributed by atoms with Crippen molar-refractivity contribution in [1.29, 1.82) is 5.41 Å². The molecule has 0 spiro atoms. The van der Waals surface area contributed by atoms with Gasteiger partial charge in [-0.1, -0.05) is 29.3 Å². The van der Waals surface area contributed by atoms with Gasteiger partial charge in [0.15, 0.2) is 0 Å². The third kappa shape index (κ3) is 3.00. The fourth-order valence-electron chi connectivity index (χ4n) is 1.33. The molecule has 2 rings (SSSR count). The maximum atomic E-state index is 7.64. The first-order chi connectivity index (χ1) is 7.66. The van der Waals surface area contributed by atoms with E-state index in [0.29, 0.717) is 21.8 Å². The van der Waals surface area contributed by atoms with Gasteiger partial charge in [-0.3, -0.25) is 5.41 Å². The van der Waals surface area contributed by atoms with E-state index in [1.165, 1.54) is 0 Å². The minimum Gasteiger partial charge on any atom is -0.350 e. The predicted molar refractivity (Wildman–Crippen MR) is 69.1 cm³/mol. The predicted octanol–water partition coefficient (Wildman–Crippen LogP) is 3.94. The average molecular weight is 255 g/mol. The number of halogens is 2. The highest BCUT2D eigenvalue weighted by molar-refractivity contribution is 6.42. The molecule has 4 heteroatoms. The lowest BCUT2D eigenvalue weighted by atomic mass is 10.2. The third-order valence-electron chi connectivity index (χ3n) is 2.44. The molecular formula is C12H12Cl2N2. The van der Waals surface area contributed by atoms with Crippen molar-refractivity contribution in [2.45, 2.75) is 12.8 Å². The molecule has 2 nitrogen and oxygen atoms in total. The van der Waals surface area contributed by atoms with Crippen molar-refractivity contribution in [3.8, 4) is 0 Å². The average Bonchev–Trinajstić information content (AvgIpc) is 3.07. The topological polar surface area (TPSA) is 35.9 Å². The monoisotopic (exact) mass is 254 g/mol. The highest BCUT2D eigenvalue weighted by atomic mass is 35.5. The van der Waals surface area contributed by atoms with E-state index in [4.69, 9.17) is 28.6 Å². The smallest absolute Gasteiger partial charge is 0.100 e. The summed E-state index contributed by atoms with van der Waals surface area (Å²) in [5, 5.41) is 11.7. The molecule has 16 heavy (non-hydrogen) atoms. The molecule has 2 N–H and O–H groups in total. The van der Waals surface area contributed by atoms with Crippen LogP contribution in [-0.4, -0.2) is 5.84 Å². The van der Waals surface area contributed by atoms with Gasteiger partial charge in [0.25, 0.3) is 0 Å².